The highest BCUT2D eigenvalue weighted by atomic mass is 19.1. The van der Waals surface area contributed by atoms with E-state index < -0.39 is 0 Å². The van der Waals surface area contributed by atoms with Crippen molar-refractivity contribution in [2.45, 2.75) is 26.4 Å². The summed E-state index contributed by atoms with van der Waals surface area (Å²) in [7, 11) is 0. The highest BCUT2D eigenvalue weighted by Gasteiger charge is 2.13. The summed E-state index contributed by atoms with van der Waals surface area (Å²) < 4.78 is 15.9. The molecular formula is C21H20FN5O. The van der Waals surface area contributed by atoms with Gasteiger partial charge in [0.05, 0.1) is 5.69 Å². The monoisotopic (exact) mass is 377 g/mol. The van der Waals surface area contributed by atoms with Gasteiger partial charge in [-0.1, -0.05) is 18.2 Å². The second-order valence-electron chi connectivity index (χ2n) is 6.71. The molecule has 0 aliphatic heterocycles. The average Bonchev–Trinajstić information content (AvgIpc) is 3.33. The zero-order valence-electron chi connectivity index (χ0n) is 15.4. The number of aromatic nitrogens is 4. The highest BCUT2D eigenvalue weighted by Crippen LogP contribution is 2.31. The SMILES string of the molecule is Cc1c(-c2ccccc2F)[nH]c2ccc(CNC(=O)CCn3cnnc3)cc12. The molecule has 142 valence electrons. The molecule has 0 radical (unpaired) electrons. The Kier molecular flexibility index (Phi) is 4.89. The van der Waals surface area contributed by atoms with E-state index in [2.05, 4.69) is 20.5 Å². The summed E-state index contributed by atoms with van der Waals surface area (Å²) in [6.45, 7) is 2.96. The molecule has 0 saturated carbocycles. The lowest BCUT2D eigenvalue weighted by Gasteiger charge is -2.06. The van der Waals surface area contributed by atoms with E-state index in [0.717, 1.165) is 27.7 Å². The van der Waals surface area contributed by atoms with Crippen molar-refractivity contribution >= 4 is 16.8 Å². The van der Waals surface area contributed by atoms with E-state index in [1.54, 1.807) is 29.4 Å². The first-order valence-corrected chi connectivity index (χ1v) is 9.07. The number of nitrogens with zero attached hydrogens (tertiary/aromatic N) is 3. The van der Waals surface area contributed by atoms with E-state index >= 15 is 0 Å². The number of halogens is 1. The molecule has 0 aliphatic rings. The summed E-state index contributed by atoms with van der Waals surface area (Å²) in [6, 6.07) is 12.7. The molecule has 2 aromatic carbocycles. The third-order valence-electron chi connectivity index (χ3n) is 4.82. The molecule has 28 heavy (non-hydrogen) atoms. The van der Waals surface area contributed by atoms with Gasteiger partial charge in [-0.15, -0.1) is 10.2 Å². The quantitative estimate of drug-likeness (QED) is 0.539. The Hall–Kier alpha value is -3.48. The summed E-state index contributed by atoms with van der Waals surface area (Å²) >= 11 is 0. The van der Waals surface area contributed by atoms with E-state index in [4.69, 9.17) is 0 Å². The molecule has 0 unspecified atom stereocenters. The van der Waals surface area contributed by atoms with Crippen molar-refractivity contribution in [2.24, 2.45) is 0 Å². The van der Waals surface area contributed by atoms with Crippen LogP contribution in [0.4, 0.5) is 4.39 Å². The molecule has 2 N–H and O–H groups in total. The molecule has 0 aliphatic carbocycles. The Labute approximate surface area is 161 Å². The molecule has 6 nitrogen and oxygen atoms in total. The third-order valence-corrected chi connectivity index (χ3v) is 4.82. The lowest BCUT2D eigenvalue weighted by molar-refractivity contribution is -0.121. The summed E-state index contributed by atoms with van der Waals surface area (Å²) in [5.74, 6) is -0.288. The number of benzene rings is 2. The normalized spacial score (nSPS) is 11.1. The number of hydrogen-bond acceptors (Lipinski definition) is 3. The van der Waals surface area contributed by atoms with Gasteiger partial charge in [-0.2, -0.15) is 0 Å². The minimum Gasteiger partial charge on any atom is -0.354 e. The Morgan fingerprint density at radius 2 is 1.96 bits per heavy atom. The van der Waals surface area contributed by atoms with Gasteiger partial charge in [-0.05, 0) is 42.3 Å². The van der Waals surface area contributed by atoms with Crippen molar-refractivity contribution in [2.75, 3.05) is 0 Å². The maximum atomic E-state index is 14.2. The van der Waals surface area contributed by atoms with Crippen molar-refractivity contribution in [1.82, 2.24) is 25.1 Å². The standard InChI is InChI=1S/C21H20FN5O/c1-14-17-10-15(11-23-20(28)8-9-27-12-24-25-13-27)6-7-19(17)26-21(14)16-4-2-3-5-18(16)22/h2-7,10,12-13,26H,8-9,11H2,1H3,(H,23,28). The Morgan fingerprint density at radius 1 is 1.18 bits per heavy atom. The van der Waals surface area contributed by atoms with Gasteiger partial charge < -0.3 is 14.9 Å². The number of nitrogens with one attached hydrogen (secondary N) is 2. The number of H-pyrrole nitrogens is 1. The summed E-state index contributed by atoms with van der Waals surface area (Å²) in [5, 5.41) is 11.4. The molecule has 0 spiro atoms. The van der Waals surface area contributed by atoms with Gasteiger partial charge >= 0.3 is 0 Å². The largest absolute Gasteiger partial charge is 0.354 e. The van der Waals surface area contributed by atoms with Crippen LogP contribution in [-0.2, 0) is 17.9 Å². The van der Waals surface area contributed by atoms with Crippen LogP contribution >= 0.6 is 0 Å². The molecule has 2 aromatic heterocycles. The van der Waals surface area contributed by atoms with Crippen LogP contribution in [0.15, 0.2) is 55.1 Å². The minimum atomic E-state index is -0.252. The van der Waals surface area contributed by atoms with Gasteiger partial charge in [0.15, 0.2) is 0 Å². The van der Waals surface area contributed by atoms with Gasteiger partial charge in [0.1, 0.15) is 18.5 Å². The maximum Gasteiger partial charge on any atom is 0.222 e. The van der Waals surface area contributed by atoms with Crippen molar-refractivity contribution in [3.8, 4) is 11.3 Å². The summed E-state index contributed by atoms with van der Waals surface area (Å²) in [4.78, 5) is 15.4. The Bertz CT molecular complexity index is 1120. The topological polar surface area (TPSA) is 75.6 Å². The number of aromatic amines is 1. The van der Waals surface area contributed by atoms with Gasteiger partial charge in [0.25, 0.3) is 0 Å². The lowest BCUT2D eigenvalue weighted by atomic mass is 10.0. The second kappa shape index (κ2) is 7.64. The zero-order valence-corrected chi connectivity index (χ0v) is 15.4. The van der Waals surface area contributed by atoms with Gasteiger partial charge in [0.2, 0.25) is 5.91 Å². The van der Waals surface area contributed by atoms with Gasteiger partial charge in [-0.25, -0.2) is 4.39 Å². The molecular weight excluding hydrogens is 357 g/mol. The smallest absolute Gasteiger partial charge is 0.222 e. The predicted octanol–water partition coefficient (Wildman–Crippen LogP) is 3.58. The molecule has 0 saturated heterocycles. The van der Waals surface area contributed by atoms with E-state index in [1.807, 2.05) is 31.2 Å². The van der Waals surface area contributed by atoms with E-state index in [1.165, 1.54) is 6.07 Å². The highest BCUT2D eigenvalue weighted by molar-refractivity contribution is 5.91. The Balaban J connectivity index is 1.48. The molecule has 1 amide bonds. The van der Waals surface area contributed by atoms with Crippen molar-refractivity contribution < 1.29 is 9.18 Å². The summed E-state index contributed by atoms with van der Waals surface area (Å²) in [6.07, 6.45) is 3.53. The van der Waals surface area contributed by atoms with Crippen LogP contribution in [-0.4, -0.2) is 25.7 Å². The Morgan fingerprint density at radius 3 is 2.75 bits per heavy atom. The number of rotatable bonds is 6. The van der Waals surface area contributed by atoms with Gasteiger partial charge in [0, 0.05) is 36.0 Å². The second-order valence-corrected chi connectivity index (χ2v) is 6.71. The van der Waals surface area contributed by atoms with Crippen LogP contribution in [0.3, 0.4) is 0 Å². The van der Waals surface area contributed by atoms with E-state index in [-0.39, 0.29) is 11.7 Å². The van der Waals surface area contributed by atoms with Crippen molar-refractivity contribution in [1.29, 1.82) is 0 Å². The molecule has 0 atom stereocenters. The van der Waals surface area contributed by atoms with Crippen molar-refractivity contribution in [3.63, 3.8) is 0 Å². The first kappa shape index (κ1) is 17.9. The van der Waals surface area contributed by atoms with Gasteiger partial charge in [-0.3, -0.25) is 4.79 Å². The van der Waals surface area contributed by atoms with Crippen molar-refractivity contribution in [3.05, 3.63) is 72.1 Å². The zero-order chi connectivity index (χ0) is 19.5. The van der Waals surface area contributed by atoms with Crippen LogP contribution in [0, 0.1) is 12.7 Å². The van der Waals surface area contributed by atoms with E-state index in [9.17, 15) is 9.18 Å². The lowest BCUT2D eigenvalue weighted by Crippen LogP contribution is -2.23. The molecule has 7 heteroatoms. The number of carbonyl (C=O) groups excluding carboxylic acids is 1. The molecule has 4 aromatic rings. The maximum absolute atomic E-state index is 14.2. The average molecular weight is 377 g/mol. The fourth-order valence-corrected chi connectivity index (χ4v) is 3.27. The van der Waals surface area contributed by atoms with E-state index in [0.29, 0.717) is 25.1 Å². The molecule has 2 heterocycles. The fraction of sp³-hybridized carbons (Fsp3) is 0.190. The molecule has 0 fully saturated rings. The number of hydrogen-bond donors (Lipinski definition) is 2. The van der Waals surface area contributed by atoms with Crippen LogP contribution in [0.5, 0.6) is 0 Å². The number of aryl methyl sites for hydroxylation is 2. The fourth-order valence-electron chi connectivity index (χ4n) is 3.27. The first-order chi connectivity index (χ1) is 13.6. The summed E-state index contributed by atoms with van der Waals surface area (Å²) in [5.41, 5.74) is 4.26. The number of carbonyl (C=O) groups is 1. The number of fused-ring (bicyclic) bond motifs is 1. The van der Waals surface area contributed by atoms with Crippen LogP contribution in [0.1, 0.15) is 17.5 Å². The van der Waals surface area contributed by atoms with Crippen LogP contribution < -0.4 is 5.32 Å². The van der Waals surface area contributed by atoms with Crippen LogP contribution in [0.25, 0.3) is 22.2 Å². The predicted molar refractivity (Wildman–Crippen MR) is 105 cm³/mol. The molecule has 0 bridgehead atoms. The number of amides is 1. The minimum absolute atomic E-state index is 0.0355. The third kappa shape index (κ3) is 3.64. The first-order valence-electron chi connectivity index (χ1n) is 9.07. The van der Waals surface area contributed by atoms with Crippen LogP contribution in [0.2, 0.25) is 0 Å². The molecule has 4 rings (SSSR count).